The molecule has 3 atom stereocenters. The Bertz CT molecular complexity index is 597. The third-order valence-corrected chi connectivity index (χ3v) is 3.83. The van der Waals surface area contributed by atoms with Crippen molar-refractivity contribution in [2.75, 3.05) is 6.61 Å². The van der Waals surface area contributed by atoms with E-state index in [9.17, 15) is 19.5 Å². The van der Waals surface area contributed by atoms with Gasteiger partial charge in [-0.3, -0.25) is 14.4 Å². The molecular weight excluding hydrogens is 340 g/mol. The highest BCUT2D eigenvalue weighted by Gasteiger charge is 2.38. The van der Waals surface area contributed by atoms with E-state index in [0.29, 0.717) is 0 Å². The molecule has 0 bridgehead atoms. The van der Waals surface area contributed by atoms with Gasteiger partial charge in [-0.05, 0) is 18.9 Å². The highest BCUT2D eigenvalue weighted by atomic mass is 16.6. The van der Waals surface area contributed by atoms with Crippen molar-refractivity contribution in [1.29, 1.82) is 0 Å². The van der Waals surface area contributed by atoms with E-state index in [4.69, 9.17) is 14.6 Å². The average Bonchev–Trinajstić information content (AvgIpc) is 2.58. The van der Waals surface area contributed by atoms with Crippen molar-refractivity contribution in [3.8, 4) is 0 Å². The van der Waals surface area contributed by atoms with Crippen molar-refractivity contribution in [3.05, 3.63) is 35.9 Å². The molecule has 7 nitrogen and oxygen atoms in total. The lowest BCUT2D eigenvalue weighted by Crippen LogP contribution is -2.44. The number of carboxylic acids is 1. The number of carboxylic acid groups (broad SMARTS) is 1. The molecule has 1 rings (SSSR count). The summed E-state index contributed by atoms with van der Waals surface area (Å²) in [6, 6.07) is 8.94. The lowest BCUT2D eigenvalue weighted by Gasteiger charge is -2.29. The number of hydrogen-bond acceptors (Lipinski definition) is 6. The van der Waals surface area contributed by atoms with Gasteiger partial charge in [-0.15, -0.1) is 0 Å². The van der Waals surface area contributed by atoms with Crippen LogP contribution in [-0.2, 0) is 30.3 Å². The Morgan fingerprint density at radius 1 is 1.04 bits per heavy atom. The molecule has 0 aliphatic rings. The number of ether oxygens (including phenoxy) is 2. The molecule has 0 spiro atoms. The standard InChI is InChI=1S/C19H26O7/c1-12(2)19(24)26-17(13(3)25-16(21)9-10-20)15(18(22)23)11-14-7-5-4-6-8-14/h4-8,12-13,15,17,20H,9-11H2,1-3H3,(H,22,23)/t13-,15+,17?/m0/s1. The normalized spacial score (nSPS) is 14.3. The molecule has 1 aromatic rings. The zero-order valence-corrected chi connectivity index (χ0v) is 15.3. The van der Waals surface area contributed by atoms with Crippen LogP contribution in [0.5, 0.6) is 0 Å². The lowest BCUT2D eigenvalue weighted by atomic mass is 9.91. The van der Waals surface area contributed by atoms with Crippen LogP contribution in [-0.4, -0.2) is 46.9 Å². The van der Waals surface area contributed by atoms with Gasteiger partial charge >= 0.3 is 17.9 Å². The van der Waals surface area contributed by atoms with Gasteiger partial charge < -0.3 is 19.7 Å². The number of esters is 2. The van der Waals surface area contributed by atoms with Gasteiger partial charge in [0.1, 0.15) is 12.0 Å². The molecule has 144 valence electrons. The molecule has 1 unspecified atom stereocenters. The fourth-order valence-corrected chi connectivity index (χ4v) is 2.41. The first kappa shape index (κ1) is 21.6. The SMILES string of the molecule is CC(C)C(=O)OC([C@H](C)OC(=O)CCO)[C@@H](Cc1ccccc1)C(=O)O. The number of carbonyl (C=O) groups excluding carboxylic acids is 2. The molecule has 1 aromatic carbocycles. The first-order valence-electron chi connectivity index (χ1n) is 8.53. The molecule has 7 heteroatoms. The van der Waals surface area contributed by atoms with Gasteiger partial charge in [0.05, 0.1) is 18.9 Å². The second-order valence-electron chi connectivity index (χ2n) is 6.36. The van der Waals surface area contributed by atoms with Crippen LogP contribution < -0.4 is 0 Å². The van der Waals surface area contributed by atoms with Gasteiger partial charge in [0.25, 0.3) is 0 Å². The number of aliphatic hydroxyl groups excluding tert-OH is 1. The zero-order chi connectivity index (χ0) is 19.7. The molecule has 0 heterocycles. The molecule has 0 aliphatic heterocycles. The molecule has 0 saturated heterocycles. The Labute approximate surface area is 152 Å². The number of carbonyl (C=O) groups is 3. The molecule has 0 aliphatic carbocycles. The van der Waals surface area contributed by atoms with Crippen LogP contribution in [0.25, 0.3) is 0 Å². The second kappa shape index (κ2) is 10.6. The van der Waals surface area contributed by atoms with E-state index in [1.807, 2.05) is 6.07 Å². The van der Waals surface area contributed by atoms with Crippen LogP contribution >= 0.6 is 0 Å². The molecule has 0 radical (unpaired) electrons. The predicted octanol–water partition coefficient (Wildman–Crippen LogP) is 1.81. The van der Waals surface area contributed by atoms with E-state index in [1.54, 1.807) is 38.1 Å². The third kappa shape index (κ3) is 6.84. The quantitative estimate of drug-likeness (QED) is 0.608. The summed E-state index contributed by atoms with van der Waals surface area (Å²) < 4.78 is 10.6. The summed E-state index contributed by atoms with van der Waals surface area (Å²) in [6.45, 7) is 4.37. The van der Waals surface area contributed by atoms with Crippen LogP contribution in [0.4, 0.5) is 0 Å². The summed E-state index contributed by atoms with van der Waals surface area (Å²) in [5, 5.41) is 18.5. The Kier molecular flexibility index (Phi) is 8.78. The Balaban J connectivity index is 3.05. The summed E-state index contributed by atoms with van der Waals surface area (Å²) in [7, 11) is 0. The first-order valence-corrected chi connectivity index (χ1v) is 8.53. The monoisotopic (exact) mass is 366 g/mol. The molecule has 0 saturated carbocycles. The van der Waals surface area contributed by atoms with Gasteiger partial charge in [-0.25, -0.2) is 0 Å². The van der Waals surface area contributed by atoms with Gasteiger partial charge in [0.15, 0.2) is 6.10 Å². The van der Waals surface area contributed by atoms with E-state index in [2.05, 4.69) is 0 Å². The smallest absolute Gasteiger partial charge is 0.310 e. The lowest BCUT2D eigenvalue weighted by molar-refractivity contribution is -0.178. The minimum Gasteiger partial charge on any atom is -0.481 e. The fraction of sp³-hybridized carbons (Fsp3) is 0.526. The molecule has 2 N–H and O–H groups in total. The molecule has 0 aromatic heterocycles. The van der Waals surface area contributed by atoms with E-state index >= 15 is 0 Å². The summed E-state index contributed by atoms with van der Waals surface area (Å²) >= 11 is 0. The Morgan fingerprint density at radius 2 is 1.65 bits per heavy atom. The van der Waals surface area contributed by atoms with E-state index in [1.165, 1.54) is 6.92 Å². The van der Waals surface area contributed by atoms with Gasteiger partial charge in [0, 0.05) is 0 Å². The van der Waals surface area contributed by atoms with Crippen molar-refractivity contribution < 1.29 is 34.1 Å². The number of rotatable bonds is 10. The first-order chi connectivity index (χ1) is 12.3. The summed E-state index contributed by atoms with van der Waals surface area (Å²) in [5.41, 5.74) is 0.763. The topological polar surface area (TPSA) is 110 Å². The third-order valence-electron chi connectivity index (χ3n) is 3.83. The minimum absolute atomic E-state index is 0.119. The summed E-state index contributed by atoms with van der Waals surface area (Å²) in [4.78, 5) is 35.6. The number of benzene rings is 1. The van der Waals surface area contributed by atoms with Crippen LogP contribution in [0.15, 0.2) is 30.3 Å². The Hall–Kier alpha value is -2.41. The minimum atomic E-state index is -1.15. The van der Waals surface area contributed by atoms with Crippen LogP contribution in [0.2, 0.25) is 0 Å². The number of aliphatic carboxylic acids is 1. The largest absolute Gasteiger partial charge is 0.481 e. The zero-order valence-electron chi connectivity index (χ0n) is 15.3. The van der Waals surface area contributed by atoms with Crippen molar-refractivity contribution in [1.82, 2.24) is 0 Å². The number of aliphatic hydroxyl groups is 1. The van der Waals surface area contributed by atoms with Crippen LogP contribution in [0.1, 0.15) is 32.8 Å². The fourth-order valence-electron chi connectivity index (χ4n) is 2.41. The van der Waals surface area contributed by atoms with E-state index in [0.717, 1.165) is 5.56 Å². The van der Waals surface area contributed by atoms with Gasteiger partial charge in [0.2, 0.25) is 0 Å². The maximum atomic E-state index is 12.1. The van der Waals surface area contributed by atoms with Crippen molar-refractivity contribution in [3.63, 3.8) is 0 Å². The van der Waals surface area contributed by atoms with Crippen molar-refractivity contribution in [2.45, 2.75) is 45.8 Å². The van der Waals surface area contributed by atoms with Crippen molar-refractivity contribution >= 4 is 17.9 Å². The van der Waals surface area contributed by atoms with Gasteiger partial charge in [-0.2, -0.15) is 0 Å². The Morgan fingerprint density at radius 3 is 2.15 bits per heavy atom. The molecule has 0 amide bonds. The molecular formula is C19H26O7. The maximum Gasteiger partial charge on any atom is 0.310 e. The van der Waals surface area contributed by atoms with E-state index in [-0.39, 0.29) is 19.4 Å². The second-order valence-corrected chi connectivity index (χ2v) is 6.36. The molecule has 0 fully saturated rings. The van der Waals surface area contributed by atoms with Crippen LogP contribution in [0, 0.1) is 11.8 Å². The number of hydrogen-bond donors (Lipinski definition) is 2. The van der Waals surface area contributed by atoms with Crippen molar-refractivity contribution in [2.24, 2.45) is 11.8 Å². The van der Waals surface area contributed by atoms with Gasteiger partial charge in [-0.1, -0.05) is 44.2 Å². The average molecular weight is 366 g/mol. The summed E-state index contributed by atoms with van der Waals surface area (Å²) in [5.74, 6) is -3.95. The molecule has 26 heavy (non-hydrogen) atoms. The predicted molar refractivity (Wildman–Crippen MR) is 93.2 cm³/mol. The van der Waals surface area contributed by atoms with Crippen LogP contribution in [0.3, 0.4) is 0 Å². The van der Waals surface area contributed by atoms with E-state index < -0.39 is 42.0 Å². The highest BCUT2D eigenvalue weighted by molar-refractivity contribution is 5.75. The maximum absolute atomic E-state index is 12.1. The highest BCUT2D eigenvalue weighted by Crippen LogP contribution is 2.22. The summed E-state index contributed by atoms with van der Waals surface area (Å²) in [6.07, 6.45) is -2.22.